The fourth-order valence-electron chi connectivity index (χ4n) is 2.69. The van der Waals surface area contributed by atoms with Gasteiger partial charge >= 0.3 is 6.18 Å². The summed E-state index contributed by atoms with van der Waals surface area (Å²) in [6.07, 6.45) is -4.30. The van der Waals surface area contributed by atoms with Gasteiger partial charge in [0.1, 0.15) is 0 Å². The minimum atomic E-state index is -4.38. The van der Waals surface area contributed by atoms with Crippen molar-refractivity contribution < 1.29 is 22.7 Å². The van der Waals surface area contributed by atoms with Crippen molar-refractivity contribution in [3.63, 3.8) is 0 Å². The Labute approximate surface area is 133 Å². The molecule has 1 aliphatic heterocycles. The van der Waals surface area contributed by atoms with Gasteiger partial charge in [0.25, 0.3) is 0 Å². The highest BCUT2D eigenvalue weighted by Crippen LogP contribution is 2.29. The maximum absolute atomic E-state index is 12.5. The number of benzene rings is 1. The molecule has 1 N–H and O–H groups in total. The molecular weight excluding hydrogens is 309 g/mol. The van der Waals surface area contributed by atoms with Gasteiger partial charge in [0.05, 0.1) is 23.8 Å². The molecule has 23 heavy (non-hydrogen) atoms. The molecule has 3 atom stereocenters. The average molecular weight is 330 g/mol. The molecule has 128 valence electrons. The van der Waals surface area contributed by atoms with E-state index in [-0.39, 0.29) is 24.2 Å². The predicted molar refractivity (Wildman–Crippen MR) is 81.1 cm³/mol. The van der Waals surface area contributed by atoms with Crippen molar-refractivity contribution in [3.8, 4) is 0 Å². The van der Waals surface area contributed by atoms with E-state index in [2.05, 4.69) is 5.32 Å². The van der Waals surface area contributed by atoms with Crippen molar-refractivity contribution in [2.24, 2.45) is 0 Å². The lowest BCUT2D eigenvalue weighted by atomic mass is 10.1. The third kappa shape index (κ3) is 4.68. The standard InChI is InChI=1S/C16H21F3N2O2/c1-10-8-21(9-11(2)23-10)12(3)15(22)20-14-6-4-13(5-7-14)16(17,18)19/h4-7,10-12H,8-9H2,1-3H3,(H,20,22). The highest BCUT2D eigenvalue weighted by molar-refractivity contribution is 5.94. The Morgan fingerprint density at radius 3 is 2.22 bits per heavy atom. The van der Waals surface area contributed by atoms with E-state index in [9.17, 15) is 18.0 Å². The summed E-state index contributed by atoms with van der Waals surface area (Å²) >= 11 is 0. The van der Waals surface area contributed by atoms with Crippen LogP contribution in [0.25, 0.3) is 0 Å². The highest BCUT2D eigenvalue weighted by Gasteiger charge is 2.31. The normalized spacial score (nSPS) is 24.3. The molecule has 1 fully saturated rings. The molecule has 2 rings (SSSR count). The van der Waals surface area contributed by atoms with Gasteiger partial charge in [-0.05, 0) is 45.0 Å². The van der Waals surface area contributed by atoms with Crippen molar-refractivity contribution in [2.75, 3.05) is 18.4 Å². The minimum Gasteiger partial charge on any atom is -0.373 e. The topological polar surface area (TPSA) is 41.6 Å². The Bertz CT molecular complexity index is 535. The van der Waals surface area contributed by atoms with Crippen LogP contribution in [0.5, 0.6) is 0 Å². The maximum Gasteiger partial charge on any atom is 0.416 e. The number of anilines is 1. The molecule has 0 spiro atoms. The monoisotopic (exact) mass is 330 g/mol. The molecule has 7 heteroatoms. The SMILES string of the molecule is CC1CN(C(C)C(=O)Nc2ccc(C(F)(F)F)cc2)CC(C)O1. The number of morpholine rings is 1. The van der Waals surface area contributed by atoms with Crippen molar-refractivity contribution >= 4 is 11.6 Å². The van der Waals surface area contributed by atoms with Crippen LogP contribution in [0, 0.1) is 0 Å². The van der Waals surface area contributed by atoms with Crippen LogP contribution < -0.4 is 5.32 Å². The van der Waals surface area contributed by atoms with Gasteiger partial charge in [-0.15, -0.1) is 0 Å². The Morgan fingerprint density at radius 2 is 1.74 bits per heavy atom. The summed E-state index contributed by atoms with van der Waals surface area (Å²) in [5.41, 5.74) is -0.386. The number of ether oxygens (including phenoxy) is 1. The quantitative estimate of drug-likeness (QED) is 0.926. The first kappa shape index (κ1) is 17.7. The molecule has 3 unspecified atom stereocenters. The molecule has 4 nitrogen and oxygen atoms in total. The third-order valence-electron chi connectivity index (χ3n) is 3.85. The van der Waals surface area contributed by atoms with E-state index in [1.165, 1.54) is 12.1 Å². The Morgan fingerprint density at radius 1 is 1.22 bits per heavy atom. The molecule has 1 saturated heterocycles. The van der Waals surface area contributed by atoms with E-state index in [1.54, 1.807) is 6.92 Å². The molecule has 1 aromatic carbocycles. The zero-order valence-electron chi connectivity index (χ0n) is 13.4. The van der Waals surface area contributed by atoms with Crippen LogP contribution in [0.2, 0.25) is 0 Å². The molecule has 0 bridgehead atoms. The molecule has 1 amide bonds. The van der Waals surface area contributed by atoms with Crippen LogP contribution in [0.15, 0.2) is 24.3 Å². The smallest absolute Gasteiger partial charge is 0.373 e. The zero-order chi connectivity index (χ0) is 17.2. The van der Waals surface area contributed by atoms with E-state index in [1.807, 2.05) is 18.7 Å². The second-order valence-electron chi connectivity index (χ2n) is 5.95. The summed E-state index contributed by atoms with van der Waals surface area (Å²) in [5, 5.41) is 2.66. The van der Waals surface area contributed by atoms with E-state index in [0.29, 0.717) is 18.8 Å². The number of carbonyl (C=O) groups excluding carboxylic acids is 1. The fourth-order valence-corrected chi connectivity index (χ4v) is 2.69. The van der Waals surface area contributed by atoms with Crippen molar-refractivity contribution in [1.29, 1.82) is 0 Å². The van der Waals surface area contributed by atoms with Crippen molar-refractivity contribution in [3.05, 3.63) is 29.8 Å². The first-order chi connectivity index (χ1) is 10.7. The Kier molecular flexibility index (Phi) is 5.31. The largest absolute Gasteiger partial charge is 0.416 e. The lowest BCUT2D eigenvalue weighted by molar-refractivity contribution is -0.137. The van der Waals surface area contributed by atoms with Crippen LogP contribution in [0.3, 0.4) is 0 Å². The van der Waals surface area contributed by atoms with Crippen LogP contribution in [0.1, 0.15) is 26.3 Å². The highest BCUT2D eigenvalue weighted by atomic mass is 19.4. The number of carbonyl (C=O) groups is 1. The van der Waals surface area contributed by atoms with Gasteiger partial charge in [0.15, 0.2) is 0 Å². The number of alkyl halides is 3. The Hall–Kier alpha value is -1.60. The summed E-state index contributed by atoms with van der Waals surface area (Å²) in [6, 6.07) is 4.06. The number of rotatable bonds is 3. The van der Waals surface area contributed by atoms with Gasteiger partial charge in [0, 0.05) is 18.8 Å². The number of hydrogen-bond acceptors (Lipinski definition) is 3. The van der Waals surface area contributed by atoms with Gasteiger partial charge in [-0.1, -0.05) is 0 Å². The lowest BCUT2D eigenvalue weighted by Gasteiger charge is -2.38. The second-order valence-corrected chi connectivity index (χ2v) is 5.95. The lowest BCUT2D eigenvalue weighted by Crippen LogP contribution is -2.52. The minimum absolute atomic E-state index is 0.0417. The van der Waals surface area contributed by atoms with Crippen LogP contribution in [-0.2, 0) is 15.7 Å². The van der Waals surface area contributed by atoms with E-state index < -0.39 is 11.7 Å². The molecule has 1 heterocycles. The summed E-state index contributed by atoms with van der Waals surface area (Å²) in [5.74, 6) is -0.244. The van der Waals surface area contributed by atoms with Gasteiger partial charge < -0.3 is 10.1 Å². The molecular formula is C16H21F3N2O2. The summed E-state index contributed by atoms with van der Waals surface area (Å²) < 4.78 is 43.2. The number of hydrogen-bond donors (Lipinski definition) is 1. The second kappa shape index (κ2) is 6.88. The third-order valence-corrected chi connectivity index (χ3v) is 3.85. The maximum atomic E-state index is 12.5. The van der Waals surface area contributed by atoms with Crippen molar-refractivity contribution in [2.45, 2.75) is 45.2 Å². The van der Waals surface area contributed by atoms with Crippen LogP contribution >= 0.6 is 0 Å². The predicted octanol–water partition coefficient (Wildman–Crippen LogP) is 3.14. The van der Waals surface area contributed by atoms with E-state index in [0.717, 1.165) is 12.1 Å². The summed E-state index contributed by atoms with van der Waals surface area (Å²) in [6.45, 7) is 6.97. The first-order valence-electron chi connectivity index (χ1n) is 7.54. The van der Waals surface area contributed by atoms with Gasteiger partial charge in [-0.2, -0.15) is 13.2 Å². The molecule has 1 aliphatic rings. The number of nitrogens with one attached hydrogen (secondary N) is 1. The molecule has 0 aliphatic carbocycles. The molecule has 0 radical (unpaired) electrons. The number of nitrogens with zero attached hydrogens (tertiary/aromatic N) is 1. The number of halogens is 3. The van der Waals surface area contributed by atoms with E-state index in [4.69, 9.17) is 4.74 Å². The zero-order valence-corrected chi connectivity index (χ0v) is 13.4. The van der Waals surface area contributed by atoms with Crippen molar-refractivity contribution in [1.82, 2.24) is 4.90 Å². The summed E-state index contributed by atoms with van der Waals surface area (Å²) in [7, 11) is 0. The van der Waals surface area contributed by atoms with Gasteiger partial charge in [-0.25, -0.2) is 0 Å². The summed E-state index contributed by atoms with van der Waals surface area (Å²) in [4.78, 5) is 14.3. The first-order valence-corrected chi connectivity index (χ1v) is 7.54. The van der Waals surface area contributed by atoms with Crippen LogP contribution in [-0.4, -0.2) is 42.1 Å². The fraction of sp³-hybridized carbons (Fsp3) is 0.562. The van der Waals surface area contributed by atoms with Crippen LogP contribution in [0.4, 0.5) is 18.9 Å². The number of amides is 1. The molecule has 0 aromatic heterocycles. The van der Waals surface area contributed by atoms with Gasteiger partial charge in [-0.3, -0.25) is 9.69 Å². The molecule has 0 saturated carbocycles. The average Bonchev–Trinajstić information content (AvgIpc) is 2.45. The van der Waals surface area contributed by atoms with Gasteiger partial charge in [0.2, 0.25) is 5.91 Å². The Balaban J connectivity index is 1.98. The molecule has 1 aromatic rings. The van der Waals surface area contributed by atoms with E-state index >= 15 is 0 Å².